The first kappa shape index (κ1) is 19.2. The summed E-state index contributed by atoms with van der Waals surface area (Å²) in [6.45, 7) is 0. The van der Waals surface area contributed by atoms with Crippen molar-refractivity contribution in [2.24, 2.45) is 0 Å². The van der Waals surface area contributed by atoms with Gasteiger partial charge in [-0.1, -0.05) is 35.1 Å². The van der Waals surface area contributed by atoms with Crippen LogP contribution in [0.2, 0.25) is 5.02 Å². The Bertz CT molecular complexity index is 1290. The zero-order valence-electron chi connectivity index (χ0n) is 15.8. The lowest BCUT2D eigenvalue weighted by Crippen LogP contribution is -2.23. The molecule has 0 bridgehead atoms. The van der Waals surface area contributed by atoms with Gasteiger partial charge >= 0.3 is 0 Å². The maximum Gasteiger partial charge on any atom is 0.291 e. The van der Waals surface area contributed by atoms with Crippen LogP contribution in [0.5, 0.6) is 17.2 Å². The van der Waals surface area contributed by atoms with Crippen molar-refractivity contribution in [1.82, 2.24) is 14.6 Å². The van der Waals surface area contributed by atoms with Crippen molar-refractivity contribution in [2.45, 2.75) is 0 Å². The summed E-state index contributed by atoms with van der Waals surface area (Å²) < 4.78 is 17.9. The number of aromatic nitrogens is 3. The van der Waals surface area contributed by atoms with E-state index in [9.17, 15) is 4.79 Å². The molecule has 0 saturated carbocycles. The Morgan fingerprint density at radius 2 is 1.79 bits per heavy atom. The molecule has 2 aromatic heterocycles. The smallest absolute Gasteiger partial charge is 0.291 e. The molecule has 9 heteroatoms. The van der Waals surface area contributed by atoms with Crippen LogP contribution in [0.1, 0.15) is 5.56 Å². The van der Waals surface area contributed by atoms with Gasteiger partial charge in [0.25, 0.3) is 5.56 Å². The third-order valence-corrected chi connectivity index (χ3v) is 5.45. The minimum Gasteiger partial charge on any atom is -0.493 e. The second-order valence-corrected chi connectivity index (χ2v) is 7.46. The summed E-state index contributed by atoms with van der Waals surface area (Å²) in [5, 5.41) is 4.98. The fraction of sp³-hybridized carbons (Fsp3) is 0.150. The highest BCUT2D eigenvalue weighted by Gasteiger charge is 2.18. The summed E-state index contributed by atoms with van der Waals surface area (Å²) in [5.41, 5.74) is 1.25. The molecule has 0 aliphatic carbocycles. The highest BCUT2D eigenvalue weighted by molar-refractivity contribution is 7.15. The van der Waals surface area contributed by atoms with Crippen molar-refractivity contribution in [3.8, 4) is 28.6 Å². The molecule has 0 saturated heterocycles. The first-order valence-corrected chi connectivity index (χ1v) is 9.70. The number of hydrogen-bond donors (Lipinski definition) is 0. The van der Waals surface area contributed by atoms with E-state index in [0.717, 1.165) is 5.56 Å². The van der Waals surface area contributed by atoms with Crippen LogP contribution in [-0.2, 0) is 0 Å². The molecule has 0 atom stereocenters. The molecule has 0 fully saturated rings. The van der Waals surface area contributed by atoms with E-state index in [4.69, 9.17) is 25.8 Å². The van der Waals surface area contributed by atoms with Gasteiger partial charge in [0.2, 0.25) is 10.7 Å². The molecule has 29 heavy (non-hydrogen) atoms. The van der Waals surface area contributed by atoms with Gasteiger partial charge in [-0.25, -0.2) is 0 Å². The molecule has 0 radical (unpaired) electrons. The van der Waals surface area contributed by atoms with Crippen molar-refractivity contribution >= 4 is 34.0 Å². The molecule has 7 nitrogen and oxygen atoms in total. The minimum atomic E-state index is -0.240. The monoisotopic (exact) mass is 429 g/mol. The molecule has 0 aliphatic heterocycles. The van der Waals surface area contributed by atoms with Crippen LogP contribution in [0.25, 0.3) is 22.4 Å². The summed E-state index contributed by atoms with van der Waals surface area (Å²) in [6, 6.07) is 10.8. The van der Waals surface area contributed by atoms with E-state index in [-0.39, 0.29) is 5.56 Å². The number of rotatable bonds is 5. The Morgan fingerprint density at radius 1 is 1.07 bits per heavy atom. The zero-order valence-corrected chi connectivity index (χ0v) is 17.4. The minimum absolute atomic E-state index is 0.240. The first-order chi connectivity index (χ1) is 14.0. The third kappa shape index (κ3) is 3.52. The SMILES string of the molecule is COc1cc(-c2nc3s/c(=C\c4cccc(Cl)c4)c(=O)n3n2)cc(OC)c1OC. The number of halogens is 1. The average Bonchev–Trinajstić information content (AvgIpc) is 3.26. The molecule has 2 aromatic carbocycles. The van der Waals surface area contributed by atoms with Gasteiger partial charge in [0.15, 0.2) is 17.3 Å². The van der Waals surface area contributed by atoms with E-state index in [1.54, 1.807) is 30.3 Å². The zero-order chi connectivity index (χ0) is 20.5. The van der Waals surface area contributed by atoms with Gasteiger partial charge in [0.05, 0.1) is 25.9 Å². The van der Waals surface area contributed by atoms with Gasteiger partial charge in [0.1, 0.15) is 0 Å². The average molecular weight is 430 g/mol. The van der Waals surface area contributed by atoms with Gasteiger partial charge in [-0.2, -0.15) is 9.50 Å². The summed E-state index contributed by atoms with van der Waals surface area (Å²) in [4.78, 5) is 17.7. The molecule has 4 rings (SSSR count). The molecule has 0 aliphatic rings. The lowest BCUT2D eigenvalue weighted by atomic mass is 10.1. The van der Waals surface area contributed by atoms with E-state index < -0.39 is 0 Å². The first-order valence-electron chi connectivity index (χ1n) is 8.51. The maximum atomic E-state index is 12.7. The van der Waals surface area contributed by atoms with E-state index in [1.807, 2.05) is 12.1 Å². The van der Waals surface area contributed by atoms with Crippen LogP contribution in [0.15, 0.2) is 41.2 Å². The summed E-state index contributed by atoms with van der Waals surface area (Å²) in [6.07, 6.45) is 1.77. The Labute approximate surface area is 174 Å². The number of benzene rings is 2. The van der Waals surface area contributed by atoms with Crippen molar-refractivity contribution in [2.75, 3.05) is 21.3 Å². The number of methoxy groups -OCH3 is 3. The molecular weight excluding hydrogens is 414 g/mol. The van der Waals surface area contributed by atoms with E-state index in [2.05, 4.69) is 10.1 Å². The van der Waals surface area contributed by atoms with Gasteiger partial charge in [-0.3, -0.25) is 4.79 Å². The Morgan fingerprint density at radius 3 is 2.38 bits per heavy atom. The predicted octanol–water partition coefficient (Wildman–Crippen LogP) is 3.04. The third-order valence-electron chi connectivity index (χ3n) is 4.25. The quantitative estimate of drug-likeness (QED) is 0.485. The van der Waals surface area contributed by atoms with Crippen LogP contribution in [0.4, 0.5) is 0 Å². The fourth-order valence-corrected chi connectivity index (χ4v) is 4.02. The van der Waals surface area contributed by atoms with Gasteiger partial charge in [-0.15, -0.1) is 5.10 Å². The summed E-state index contributed by atoms with van der Waals surface area (Å²) in [7, 11) is 4.61. The van der Waals surface area contributed by atoms with Crippen LogP contribution >= 0.6 is 22.9 Å². The number of thiazole rings is 1. The van der Waals surface area contributed by atoms with Crippen LogP contribution in [0, 0.1) is 0 Å². The Kier molecular flexibility index (Phi) is 5.12. The number of ether oxygens (including phenoxy) is 3. The van der Waals surface area contributed by atoms with Crippen LogP contribution in [-0.4, -0.2) is 35.9 Å². The second-order valence-electron chi connectivity index (χ2n) is 6.01. The number of fused-ring (bicyclic) bond motifs is 1. The predicted molar refractivity (Wildman–Crippen MR) is 112 cm³/mol. The van der Waals surface area contributed by atoms with Crippen molar-refractivity contribution in [3.63, 3.8) is 0 Å². The number of nitrogens with zero attached hydrogens (tertiary/aromatic N) is 3. The molecule has 0 amide bonds. The largest absolute Gasteiger partial charge is 0.493 e. The van der Waals surface area contributed by atoms with E-state index >= 15 is 0 Å². The van der Waals surface area contributed by atoms with Crippen molar-refractivity contribution in [1.29, 1.82) is 0 Å². The highest BCUT2D eigenvalue weighted by Crippen LogP contribution is 2.40. The standard InChI is InChI=1S/C20H16ClN3O4S/c1-26-14-9-12(10-15(27-2)17(14)28-3)18-22-20-24(23-18)19(25)16(29-20)8-11-5-4-6-13(21)7-11/h4-10H,1-3H3/b16-8-. The molecule has 0 unspecified atom stereocenters. The van der Waals surface area contributed by atoms with Crippen molar-refractivity contribution < 1.29 is 14.2 Å². The van der Waals surface area contributed by atoms with Gasteiger partial charge < -0.3 is 14.2 Å². The van der Waals surface area contributed by atoms with E-state index in [1.165, 1.54) is 37.2 Å². The molecule has 4 aromatic rings. The van der Waals surface area contributed by atoms with Gasteiger partial charge in [-0.05, 0) is 35.9 Å². The summed E-state index contributed by atoms with van der Waals surface area (Å²) >= 11 is 7.27. The van der Waals surface area contributed by atoms with E-state index in [0.29, 0.717) is 43.2 Å². The highest BCUT2D eigenvalue weighted by atomic mass is 35.5. The van der Waals surface area contributed by atoms with Crippen molar-refractivity contribution in [3.05, 3.63) is 61.9 Å². The lowest BCUT2D eigenvalue weighted by Gasteiger charge is -2.12. The normalized spacial score (nSPS) is 11.8. The lowest BCUT2D eigenvalue weighted by molar-refractivity contribution is 0.324. The van der Waals surface area contributed by atoms with Crippen LogP contribution < -0.4 is 24.3 Å². The van der Waals surface area contributed by atoms with Gasteiger partial charge in [0, 0.05) is 10.6 Å². The molecule has 2 heterocycles. The van der Waals surface area contributed by atoms with Crippen LogP contribution in [0.3, 0.4) is 0 Å². The Hall–Kier alpha value is -3.10. The fourth-order valence-electron chi connectivity index (χ4n) is 2.91. The molecular formula is C20H16ClN3O4S. The topological polar surface area (TPSA) is 75.0 Å². The summed E-state index contributed by atoms with van der Waals surface area (Å²) in [5.74, 6) is 1.83. The molecule has 148 valence electrons. The maximum absolute atomic E-state index is 12.7. The second kappa shape index (κ2) is 7.73. The molecule has 0 spiro atoms. The molecule has 0 N–H and O–H groups in total. The Balaban J connectivity index is 1.81. The number of hydrogen-bond acceptors (Lipinski definition) is 7.